The molecule has 0 unspecified atom stereocenters. The number of hydrogen-bond donors (Lipinski definition) is 1. The Bertz CT molecular complexity index is 1250. The van der Waals surface area contributed by atoms with Gasteiger partial charge in [-0.05, 0) is 42.8 Å². The number of carboxylic acids is 1. The molecule has 0 aliphatic carbocycles. The Hall–Kier alpha value is -3.90. The lowest BCUT2D eigenvalue weighted by Crippen LogP contribution is -2.25. The number of allylic oxidation sites excluding steroid dienone is 1. The topological polar surface area (TPSA) is 74.5 Å². The Balaban J connectivity index is 1.67. The number of carboxylic acid groups (broad SMARTS) is 1. The number of nitrogens with zero attached hydrogens (tertiary/aromatic N) is 3. The first kappa shape index (κ1) is 22.3. The Morgan fingerprint density at radius 1 is 1.06 bits per heavy atom. The van der Waals surface area contributed by atoms with E-state index in [1.807, 2.05) is 78.9 Å². The summed E-state index contributed by atoms with van der Waals surface area (Å²) in [4.78, 5) is 16.0. The van der Waals surface area contributed by atoms with Gasteiger partial charge in [0, 0.05) is 16.1 Å². The molecule has 166 valence electrons. The minimum atomic E-state index is -1.08. The van der Waals surface area contributed by atoms with E-state index in [4.69, 9.17) is 16.3 Å². The van der Waals surface area contributed by atoms with Crippen LogP contribution in [0.4, 0.5) is 0 Å². The normalized spacial score (nSPS) is 13.9. The van der Waals surface area contributed by atoms with Crippen molar-refractivity contribution >= 4 is 34.7 Å². The van der Waals surface area contributed by atoms with E-state index >= 15 is 0 Å². The van der Waals surface area contributed by atoms with Crippen molar-refractivity contribution in [1.82, 2.24) is 5.01 Å². The lowest BCUT2D eigenvalue weighted by molar-refractivity contribution is -0.129. The van der Waals surface area contributed by atoms with Gasteiger partial charge in [-0.15, -0.1) is 0 Å². The fraction of sp³-hybridized carbons (Fsp3) is 0.115. The molecule has 0 bridgehead atoms. The summed E-state index contributed by atoms with van der Waals surface area (Å²) in [6, 6.07) is 25.0. The van der Waals surface area contributed by atoms with Crippen LogP contribution in [0.5, 0.6) is 5.75 Å². The van der Waals surface area contributed by atoms with E-state index in [1.54, 1.807) is 11.1 Å². The van der Waals surface area contributed by atoms with Crippen LogP contribution >= 0.6 is 11.6 Å². The largest absolute Gasteiger partial charge is 0.489 e. The molecule has 1 aliphatic heterocycles. The molecule has 0 atom stereocenters. The molecule has 0 aromatic heterocycles. The molecule has 1 aliphatic rings. The summed E-state index contributed by atoms with van der Waals surface area (Å²) >= 11 is 6.17. The van der Waals surface area contributed by atoms with E-state index in [0.29, 0.717) is 23.1 Å². The molecule has 0 fully saturated rings. The fourth-order valence-electron chi connectivity index (χ4n) is 3.32. The van der Waals surface area contributed by atoms with Crippen LogP contribution in [0.1, 0.15) is 23.6 Å². The predicted octanol–water partition coefficient (Wildman–Crippen LogP) is 5.48. The van der Waals surface area contributed by atoms with Crippen molar-refractivity contribution < 1.29 is 14.6 Å². The first-order chi connectivity index (χ1) is 16.0. The minimum absolute atomic E-state index is 0.0289. The summed E-state index contributed by atoms with van der Waals surface area (Å²) in [7, 11) is 0. The zero-order chi connectivity index (χ0) is 23.2. The Morgan fingerprint density at radius 3 is 2.58 bits per heavy atom. The molecular formula is C26H22ClN3O3. The van der Waals surface area contributed by atoms with Crippen molar-refractivity contribution in [3.05, 3.63) is 107 Å². The molecule has 3 aromatic rings. The Kier molecular flexibility index (Phi) is 6.86. The SMILES string of the molecule is C/C(=N\N1CN=C(c2cccc(Cl)c2)C=C1c1cccc(OCc2ccccc2)c1)C(=O)O. The standard InChI is InChI=1S/C26H22ClN3O3/c1-18(26(31)32)29-30-17-28-24(20-9-5-11-22(27)13-20)15-25(30)21-10-6-12-23(14-21)33-16-19-7-3-2-4-8-19/h2-15H,16-17H2,1H3,(H,31,32)/b29-18+. The smallest absolute Gasteiger partial charge is 0.351 e. The molecule has 0 spiro atoms. The first-order valence-corrected chi connectivity index (χ1v) is 10.7. The van der Waals surface area contributed by atoms with Crippen LogP contribution in [0.15, 0.2) is 95.0 Å². The van der Waals surface area contributed by atoms with Gasteiger partial charge in [-0.3, -0.25) is 4.99 Å². The molecule has 7 heteroatoms. The third kappa shape index (κ3) is 5.67. The predicted molar refractivity (Wildman–Crippen MR) is 131 cm³/mol. The number of aliphatic carboxylic acids is 1. The number of carbonyl (C=O) groups is 1. The van der Waals surface area contributed by atoms with E-state index in [9.17, 15) is 9.90 Å². The molecule has 1 heterocycles. The van der Waals surface area contributed by atoms with E-state index in [1.165, 1.54) is 6.92 Å². The summed E-state index contributed by atoms with van der Waals surface area (Å²) in [5.74, 6) is -0.387. The van der Waals surface area contributed by atoms with E-state index in [-0.39, 0.29) is 12.4 Å². The van der Waals surface area contributed by atoms with Crippen molar-refractivity contribution in [1.29, 1.82) is 0 Å². The van der Waals surface area contributed by atoms with Crippen molar-refractivity contribution in [2.45, 2.75) is 13.5 Å². The zero-order valence-electron chi connectivity index (χ0n) is 18.0. The fourth-order valence-corrected chi connectivity index (χ4v) is 3.51. The van der Waals surface area contributed by atoms with Crippen LogP contribution in [0.3, 0.4) is 0 Å². The summed E-state index contributed by atoms with van der Waals surface area (Å²) in [5.41, 5.74) is 4.19. The molecule has 6 nitrogen and oxygen atoms in total. The average molecular weight is 460 g/mol. The maximum Gasteiger partial charge on any atom is 0.351 e. The summed E-state index contributed by atoms with van der Waals surface area (Å²) in [6.45, 7) is 2.07. The van der Waals surface area contributed by atoms with Crippen LogP contribution in [0, 0.1) is 0 Å². The lowest BCUT2D eigenvalue weighted by Gasteiger charge is -2.26. The highest BCUT2D eigenvalue weighted by atomic mass is 35.5. The molecule has 33 heavy (non-hydrogen) atoms. The van der Waals surface area contributed by atoms with Crippen molar-refractivity contribution in [3.8, 4) is 5.75 Å². The van der Waals surface area contributed by atoms with Gasteiger partial charge in [0.1, 0.15) is 24.7 Å². The zero-order valence-corrected chi connectivity index (χ0v) is 18.7. The highest BCUT2D eigenvalue weighted by Crippen LogP contribution is 2.28. The van der Waals surface area contributed by atoms with Gasteiger partial charge in [0.2, 0.25) is 0 Å². The Morgan fingerprint density at radius 2 is 1.82 bits per heavy atom. The lowest BCUT2D eigenvalue weighted by atomic mass is 10.0. The highest BCUT2D eigenvalue weighted by Gasteiger charge is 2.20. The molecular weight excluding hydrogens is 438 g/mol. The first-order valence-electron chi connectivity index (χ1n) is 10.3. The number of halogens is 1. The van der Waals surface area contributed by atoms with Gasteiger partial charge >= 0.3 is 5.97 Å². The number of hydrogen-bond acceptors (Lipinski definition) is 5. The van der Waals surface area contributed by atoms with Crippen LogP contribution in [-0.2, 0) is 11.4 Å². The number of benzene rings is 3. The van der Waals surface area contributed by atoms with Gasteiger partial charge in [0.25, 0.3) is 0 Å². The van der Waals surface area contributed by atoms with Gasteiger partial charge in [-0.2, -0.15) is 5.10 Å². The second-order valence-corrected chi connectivity index (χ2v) is 7.85. The second kappa shape index (κ2) is 10.1. The summed E-state index contributed by atoms with van der Waals surface area (Å²) in [5, 5.41) is 15.8. The molecule has 3 aromatic carbocycles. The minimum Gasteiger partial charge on any atom is -0.489 e. The van der Waals surface area contributed by atoms with Gasteiger partial charge in [-0.25, -0.2) is 9.80 Å². The molecule has 1 N–H and O–H groups in total. The van der Waals surface area contributed by atoms with E-state index < -0.39 is 5.97 Å². The van der Waals surface area contributed by atoms with Crippen LogP contribution in [0.2, 0.25) is 5.02 Å². The number of hydrazone groups is 1. The summed E-state index contributed by atoms with van der Waals surface area (Å²) in [6.07, 6.45) is 1.88. The summed E-state index contributed by atoms with van der Waals surface area (Å²) < 4.78 is 5.98. The quantitative estimate of drug-likeness (QED) is 0.474. The third-order valence-electron chi connectivity index (χ3n) is 5.01. The molecule has 0 amide bonds. The molecule has 0 saturated carbocycles. The monoisotopic (exact) mass is 459 g/mol. The molecule has 0 radical (unpaired) electrons. The van der Waals surface area contributed by atoms with Crippen molar-refractivity contribution in [2.24, 2.45) is 10.1 Å². The molecule has 4 rings (SSSR count). The van der Waals surface area contributed by atoms with Crippen molar-refractivity contribution in [3.63, 3.8) is 0 Å². The van der Waals surface area contributed by atoms with Crippen LogP contribution in [-0.4, -0.2) is 34.2 Å². The van der Waals surface area contributed by atoms with Gasteiger partial charge in [0.05, 0.1) is 11.4 Å². The molecule has 0 saturated heterocycles. The maximum atomic E-state index is 11.4. The van der Waals surface area contributed by atoms with Gasteiger partial charge in [0.15, 0.2) is 0 Å². The Labute approximate surface area is 197 Å². The highest BCUT2D eigenvalue weighted by molar-refractivity contribution is 6.34. The second-order valence-electron chi connectivity index (χ2n) is 7.42. The van der Waals surface area contributed by atoms with Crippen LogP contribution < -0.4 is 4.74 Å². The maximum absolute atomic E-state index is 11.4. The number of ether oxygens (including phenoxy) is 1. The van der Waals surface area contributed by atoms with E-state index in [2.05, 4.69) is 10.1 Å². The average Bonchev–Trinajstić information content (AvgIpc) is 2.84. The van der Waals surface area contributed by atoms with Gasteiger partial charge in [-0.1, -0.05) is 66.2 Å². The van der Waals surface area contributed by atoms with E-state index in [0.717, 1.165) is 22.4 Å². The third-order valence-corrected chi connectivity index (χ3v) is 5.24. The number of rotatable bonds is 7. The van der Waals surface area contributed by atoms with Gasteiger partial charge < -0.3 is 9.84 Å². The van der Waals surface area contributed by atoms with Crippen molar-refractivity contribution in [2.75, 3.05) is 6.67 Å². The van der Waals surface area contributed by atoms with Crippen LogP contribution in [0.25, 0.3) is 5.70 Å². The number of aliphatic imine (C=N–C) groups is 1.